The van der Waals surface area contributed by atoms with Crippen LogP contribution in [-0.4, -0.2) is 22.1 Å². The molecule has 0 aliphatic heterocycles. The average Bonchev–Trinajstić information content (AvgIpc) is 2.70. The molecule has 2 heterocycles. The summed E-state index contributed by atoms with van der Waals surface area (Å²) in [5.41, 5.74) is 5.49. The summed E-state index contributed by atoms with van der Waals surface area (Å²) >= 11 is 1.11. The van der Waals surface area contributed by atoms with E-state index in [1.807, 2.05) is 6.92 Å². The van der Waals surface area contributed by atoms with Crippen LogP contribution >= 0.6 is 11.3 Å². The van der Waals surface area contributed by atoms with Gasteiger partial charge < -0.3 is 5.73 Å². The Morgan fingerprint density at radius 1 is 1.53 bits per heavy atom. The number of alkyl halides is 1. The lowest BCUT2D eigenvalue weighted by molar-refractivity contribution is 0.100. The number of hydrogen-bond acceptors (Lipinski definition) is 4. The smallest absolute Gasteiger partial charge is 0.262 e. The third kappa shape index (κ3) is 2.14. The zero-order valence-electron chi connectivity index (χ0n) is 10.7. The molecule has 2 aromatic heterocycles. The van der Waals surface area contributed by atoms with Gasteiger partial charge in [0.1, 0.15) is 17.3 Å². The first-order chi connectivity index (χ1) is 9.01. The molecule has 19 heavy (non-hydrogen) atoms. The summed E-state index contributed by atoms with van der Waals surface area (Å²) < 4.78 is 13.9. The molecule has 1 amide bonds. The molecule has 0 radical (unpaired) electrons. The zero-order chi connectivity index (χ0) is 14.2. The van der Waals surface area contributed by atoms with Gasteiger partial charge in [0, 0.05) is 6.42 Å². The number of carbonyl (C=O) groups is 1. The molecule has 0 unspecified atom stereocenters. The topological polar surface area (TPSA) is 78.0 Å². The molecule has 0 saturated heterocycles. The SMILES string of the molecule is CCc1nc2sc(C(N)=O)c(C)c2c(=O)n1CCF. The Bertz CT molecular complexity index is 705. The summed E-state index contributed by atoms with van der Waals surface area (Å²) in [5, 5.41) is 0.365. The Balaban J connectivity index is 2.85. The summed E-state index contributed by atoms with van der Waals surface area (Å²) in [5.74, 6) is -0.0533. The van der Waals surface area contributed by atoms with Crippen LogP contribution < -0.4 is 11.3 Å². The van der Waals surface area contributed by atoms with Crippen molar-refractivity contribution in [2.45, 2.75) is 26.8 Å². The van der Waals surface area contributed by atoms with E-state index in [-0.39, 0.29) is 12.1 Å². The van der Waals surface area contributed by atoms with Crippen LogP contribution in [0.3, 0.4) is 0 Å². The van der Waals surface area contributed by atoms with Crippen LogP contribution in [0, 0.1) is 6.92 Å². The maximum Gasteiger partial charge on any atom is 0.262 e. The number of aryl methyl sites for hydroxylation is 2. The minimum absolute atomic E-state index is 0.0217. The van der Waals surface area contributed by atoms with E-state index in [9.17, 15) is 14.0 Å². The monoisotopic (exact) mass is 283 g/mol. The maximum absolute atomic E-state index is 12.6. The number of primary amides is 1. The van der Waals surface area contributed by atoms with Gasteiger partial charge in [0.05, 0.1) is 16.8 Å². The Morgan fingerprint density at radius 2 is 2.21 bits per heavy atom. The third-order valence-electron chi connectivity index (χ3n) is 2.98. The van der Waals surface area contributed by atoms with Crippen molar-refractivity contribution in [3.63, 3.8) is 0 Å². The largest absolute Gasteiger partial charge is 0.365 e. The number of fused-ring (bicyclic) bond motifs is 1. The van der Waals surface area contributed by atoms with Crippen LogP contribution in [0.5, 0.6) is 0 Å². The first kappa shape index (κ1) is 13.7. The molecule has 0 spiro atoms. The van der Waals surface area contributed by atoms with Crippen molar-refractivity contribution in [2.24, 2.45) is 5.73 Å². The molecule has 0 aromatic carbocycles. The summed E-state index contributed by atoms with van der Waals surface area (Å²) in [4.78, 5) is 28.8. The van der Waals surface area contributed by atoms with Crippen LogP contribution in [0.1, 0.15) is 28.0 Å². The number of carbonyl (C=O) groups excluding carboxylic acids is 1. The Labute approximate surface area is 112 Å². The van der Waals surface area contributed by atoms with Crippen molar-refractivity contribution in [3.8, 4) is 0 Å². The number of amides is 1. The van der Waals surface area contributed by atoms with E-state index in [0.29, 0.717) is 32.9 Å². The van der Waals surface area contributed by atoms with Crippen molar-refractivity contribution in [1.82, 2.24) is 9.55 Å². The highest BCUT2D eigenvalue weighted by atomic mass is 32.1. The predicted octanol–water partition coefficient (Wildman–Crippen LogP) is 1.40. The first-order valence-electron chi connectivity index (χ1n) is 5.89. The number of halogens is 1. The highest BCUT2D eigenvalue weighted by Gasteiger charge is 2.19. The molecular weight excluding hydrogens is 269 g/mol. The molecule has 7 heteroatoms. The van der Waals surface area contributed by atoms with E-state index in [1.165, 1.54) is 4.57 Å². The Morgan fingerprint density at radius 3 is 2.74 bits per heavy atom. The van der Waals surface area contributed by atoms with E-state index in [1.54, 1.807) is 6.92 Å². The summed E-state index contributed by atoms with van der Waals surface area (Å²) in [6.45, 7) is 2.85. The normalized spacial score (nSPS) is 11.1. The summed E-state index contributed by atoms with van der Waals surface area (Å²) in [6, 6.07) is 0. The van der Waals surface area contributed by atoms with Crippen LogP contribution in [0.4, 0.5) is 4.39 Å². The highest BCUT2D eigenvalue weighted by Crippen LogP contribution is 2.26. The van der Waals surface area contributed by atoms with Crippen LogP contribution in [0.25, 0.3) is 10.2 Å². The number of thiophene rings is 1. The quantitative estimate of drug-likeness (QED) is 0.921. The fourth-order valence-electron chi connectivity index (χ4n) is 2.08. The molecule has 0 aliphatic rings. The maximum atomic E-state index is 12.6. The molecule has 0 fully saturated rings. The van der Waals surface area contributed by atoms with E-state index in [0.717, 1.165) is 11.3 Å². The number of rotatable bonds is 4. The lowest BCUT2D eigenvalue weighted by atomic mass is 10.2. The first-order valence-corrected chi connectivity index (χ1v) is 6.71. The van der Waals surface area contributed by atoms with Gasteiger partial charge in [-0.15, -0.1) is 11.3 Å². The Hall–Kier alpha value is -1.76. The number of aromatic nitrogens is 2. The van der Waals surface area contributed by atoms with Gasteiger partial charge in [-0.05, 0) is 12.5 Å². The Kier molecular flexibility index (Phi) is 3.66. The second-order valence-electron chi connectivity index (χ2n) is 4.13. The molecule has 2 rings (SSSR count). The van der Waals surface area contributed by atoms with E-state index in [4.69, 9.17) is 5.73 Å². The van der Waals surface area contributed by atoms with Crippen LogP contribution in [0.15, 0.2) is 4.79 Å². The second-order valence-corrected chi connectivity index (χ2v) is 5.13. The fourth-order valence-corrected chi connectivity index (χ4v) is 3.12. The molecule has 0 bridgehead atoms. The minimum atomic E-state index is -0.633. The molecule has 2 N–H and O–H groups in total. The van der Waals surface area contributed by atoms with Gasteiger partial charge in [0.25, 0.3) is 11.5 Å². The molecule has 0 aliphatic carbocycles. The zero-order valence-corrected chi connectivity index (χ0v) is 11.5. The van der Waals surface area contributed by atoms with Crippen molar-refractivity contribution in [1.29, 1.82) is 0 Å². The van der Waals surface area contributed by atoms with Crippen LogP contribution in [-0.2, 0) is 13.0 Å². The standard InChI is InChI=1S/C12H14FN3O2S/c1-3-7-15-11-8(12(18)16(7)5-4-13)6(2)9(19-11)10(14)17/h3-5H2,1-2H3,(H2,14,17). The second kappa shape index (κ2) is 5.08. The average molecular weight is 283 g/mol. The van der Waals surface area contributed by atoms with Crippen molar-refractivity contribution in [3.05, 3.63) is 26.6 Å². The van der Waals surface area contributed by atoms with Gasteiger partial charge in [-0.25, -0.2) is 9.37 Å². The van der Waals surface area contributed by atoms with Gasteiger partial charge >= 0.3 is 0 Å². The van der Waals surface area contributed by atoms with Crippen molar-refractivity contribution < 1.29 is 9.18 Å². The van der Waals surface area contributed by atoms with E-state index < -0.39 is 12.6 Å². The van der Waals surface area contributed by atoms with Gasteiger partial charge in [0.15, 0.2) is 0 Å². The lowest BCUT2D eigenvalue weighted by Crippen LogP contribution is -2.26. The molecule has 2 aromatic rings. The third-order valence-corrected chi connectivity index (χ3v) is 4.18. The minimum Gasteiger partial charge on any atom is -0.365 e. The van der Waals surface area contributed by atoms with Crippen LogP contribution in [0.2, 0.25) is 0 Å². The van der Waals surface area contributed by atoms with E-state index in [2.05, 4.69) is 4.98 Å². The van der Waals surface area contributed by atoms with Gasteiger partial charge in [0.2, 0.25) is 0 Å². The molecule has 5 nitrogen and oxygen atoms in total. The number of nitrogens with two attached hydrogens (primary N) is 1. The summed E-state index contributed by atoms with van der Waals surface area (Å²) in [7, 11) is 0. The van der Waals surface area contributed by atoms with Gasteiger partial charge in [-0.1, -0.05) is 6.92 Å². The molecule has 0 atom stereocenters. The van der Waals surface area contributed by atoms with Crippen molar-refractivity contribution in [2.75, 3.05) is 6.67 Å². The molecule has 102 valence electrons. The van der Waals surface area contributed by atoms with Gasteiger partial charge in [-0.3, -0.25) is 14.2 Å². The van der Waals surface area contributed by atoms with Crippen molar-refractivity contribution >= 4 is 27.5 Å². The number of nitrogens with zero attached hydrogens (tertiary/aromatic N) is 2. The molecular formula is C12H14FN3O2S. The number of hydrogen-bond donors (Lipinski definition) is 1. The fraction of sp³-hybridized carbons (Fsp3) is 0.417. The van der Waals surface area contributed by atoms with Gasteiger partial charge in [-0.2, -0.15) is 0 Å². The lowest BCUT2D eigenvalue weighted by Gasteiger charge is -2.08. The summed E-state index contributed by atoms with van der Waals surface area (Å²) in [6.07, 6.45) is 0.522. The van der Waals surface area contributed by atoms with E-state index >= 15 is 0 Å². The predicted molar refractivity (Wildman–Crippen MR) is 72.5 cm³/mol. The highest BCUT2D eigenvalue weighted by molar-refractivity contribution is 7.20. The molecule has 0 saturated carbocycles.